The van der Waals surface area contributed by atoms with Crippen molar-refractivity contribution >= 4 is 22.2 Å². The van der Waals surface area contributed by atoms with E-state index in [9.17, 15) is 0 Å². The Morgan fingerprint density at radius 3 is 2.52 bits per heavy atom. The van der Waals surface area contributed by atoms with Crippen molar-refractivity contribution in [1.82, 2.24) is 14.6 Å². The van der Waals surface area contributed by atoms with E-state index >= 15 is 0 Å². The molecule has 0 saturated carbocycles. The van der Waals surface area contributed by atoms with Crippen molar-refractivity contribution in [1.29, 1.82) is 0 Å². The van der Waals surface area contributed by atoms with Gasteiger partial charge in [0, 0.05) is 16.6 Å². The van der Waals surface area contributed by atoms with Gasteiger partial charge in [-0.2, -0.15) is 0 Å². The Kier molecular flexibility index (Phi) is 2.88. The molecule has 0 atom stereocenters. The lowest BCUT2D eigenvalue weighted by Crippen LogP contribution is -1.97. The average molecular weight is 302 g/mol. The zero-order valence-electron chi connectivity index (χ0n) is 13.5. The van der Waals surface area contributed by atoms with E-state index in [1.54, 1.807) is 0 Å². The van der Waals surface area contributed by atoms with Gasteiger partial charge < -0.3 is 5.73 Å². The van der Waals surface area contributed by atoms with Crippen molar-refractivity contribution in [2.45, 2.75) is 20.8 Å². The summed E-state index contributed by atoms with van der Waals surface area (Å²) in [6.07, 6.45) is 0. The van der Waals surface area contributed by atoms with Gasteiger partial charge in [0.15, 0.2) is 11.5 Å². The molecule has 0 aliphatic heterocycles. The lowest BCUT2D eigenvalue weighted by Gasteiger charge is -2.12. The van der Waals surface area contributed by atoms with Crippen LogP contribution in [0.1, 0.15) is 16.7 Å². The van der Waals surface area contributed by atoms with E-state index < -0.39 is 0 Å². The summed E-state index contributed by atoms with van der Waals surface area (Å²) in [4.78, 5) is 0. The number of fused-ring (bicyclic) bond motifs is 3. The topological polar surface area (TPSA) is 56.2 Å². The van der Waals surface area contributed by atoms with Crippen LogP contribution in [0.2, 0.25) is 0 Å². The Balaban J connectivity index is 2.18. The highest BCUT2D eigenvalue weighted by atomic mass is 15.2. The normalized spacial score (nSPS) is 11.4. The van der Waals surface area contributed by atoms with Crippen LogP contribution < -0.4 is 5.73 Å². The lowest BCUT2D eigenvalue weighted by atomic mass is 10.0. The fourth-order valence-corrected chi connectivity index (χ4v) is 3.30. The molecule has 4 heteroatoms. The number of rotatable bonds is 1. The maximum Gasteiger partial charge on any atom is 0.168 e. The molecule has 0 bridgehead atoms. The molecule has 0 aliphatic rings. The van der Waals surface area contributed by atoms with Crippen LogP contribution in [0.4, 0.5) is 5.69 Å². The van der Waals surface area contributed by atoms with Gasteiger partial charge in [-0.15, -0.1) is 10.2 Å². The monoisotopic (exact) mass is 302 g/mol. The third-order valence-corrected chi connectivity index (χ3v) is 4.27. The van der Waals surface area contributed by atoms with E-state index in [-0.39, 0.29) is 0 Å². The second kappa shape index (κ2) is 4.81. The quantitative estimate of drug-likeness (QED) is 0.539. The molecule has 2 aromatic heterocycles. The summed E-state index contributed by atoms with van der Waals surface area (Å²) in [5.41, 5.74) is 13.4. The Hall–Kier alpha value is -2.88. The van der Waals surface area contributed by atoms with Crippen molar-refractivity contribution in [2.75, 3.05) is 5.73 Å². The van der Waals surface area contributed by atoms with E-state index in [2.05, 4.69) is 53.6 Å². The molecule has 4 aromatic rings. The van der Waals surface area contributed by atoms with Crippen molar-refractivity contribution in [3.05, 3.63) is 59.2 Å². The summed E-state index contributed by atoms with van der Waals surface area (Å²) in [7, 11) is 0. The molecule has 0 unspecified atom stereocenters. The van der Waals surface area contributed by atoms with E-state index in [1.165, 1.54) is 22.1 Å². The maximum atomic E-state index is 5.94. The molecule has 0 radical (unpaired) electrons. The van der Waals surface area contributed by atoms with Gasteiger partial charge in [0.25, 0.3) is 0 Å². The Morgan fingerprint density at radius 1 is 0.913 bits per heavy atom. The number of nitrogens with zero attached hydrogens (tertiary/aromatic N) is 3. The minimum atomic E-state index is 0.725. The molecule has 4 rings (SSSR count). The number of hydrogen-bond donors (Lipinski definition) is 1. The summed E-state index contributed by atoms with van der Waals surface area (Å²) in [6, 6.07) is 14.3. The zero-order valence-corrected chi connectivity index (χ0v) is 13.5. The first-order valence-electron chi connectivity index (χ1n) is 7.66. The number of nitrogens with two attached hydrogens (primary N) is 1. The van der Waals surface area contributed by atoms with Gasteiger partial charge >= 0.3 is 0 Å². The maximum absolute atomic E-state index is 5.94. The Bertz CT molecular complexity index is 1060. The third kappa shape index (κ3) is 2.06. The average Bonchev–Trinajstić information content (AvgIpc) is 2.90. The fraction of sp³-hybridized carbons (Fsp3) is 0.158. The highest BCUT2D eigenvalue weighted by Gasteiger charge is 2.14. The molecular formula is C19H18N4. The summed E-state index contributed by atoms with van der Waals surface area (Å²) < 4.78 is 2.13. The van der Waals surface area contributed by atoms with Crippen molar-refractivity contribution in [3.8, 4) is 11.4 Å². The largest absolute Gasteiger partial charge is 0.399 e. The molecule has 0 aliphatic carbocycles. The number of nitrogen functional groups attached to an aromatic ring is 1. The predicted molar refractivity (Wildman–Crippen MR) is 94.6 cm³/mol. The Morgan fingerprint density at radius 2 is 1.74 bits per heavy atom. The molecule has 23 heavy (non-hydrogen) atoms. The second-order valence-electron chi connectivity index (χ2n) is 6.15. The predicted octanol–water partition coefficient (Wildman–Crippen LogP) is 4.06. The first kappa shape index (κ1) is 13.8. The van der Waals surface area contributed by atoms with Crippen molar-refractivity contribution < 1.29 is 0 Å². The smallest absolute Gasteiger partial charge is 0.168 e. The summed E-state index contributed by atoms with van der Waals surface area (Å²) in [6.45, 7) is 6.38. The summed E-state index contributed by atoms with van der Waals surface area (Å²) in [5.74, 6) is 0.823. The molecule has 0 spiro atoms. The van der Waals surface area contributed by atoms with Gasteiger partial charge in [-0.25, -0.2) is 0 Å². The number of aromatic nitrogens is 3. The zero-order chi connectivity index (χ0) is 16.1. The van der Waals surface area contributed by atoms with E-state index in [0.29, 0.717) is 0 Å². The third-order valence-electron chi connectivity index (χ3n) is 4.27. The van der Waals surface area contributed by atoms with Gasteiger partial charge in [-0.3, -0.25) is 4.40 Å². The van der Waals surface area contributed by atoms with Gasteiger partial charge in [-0.05, 0) is 56.2 Å². The SMILES string of the molecule is Cc1cc(C)c2c(c1)c(C)cc1nnc(-c3cccc(N)c3)n12. The first-order valence-corrected chi connectivity index (χ1v) is 7.66. The molecule has 114 valence electrons. The number of anilines is 1. The summed E-state index contributed by atoms with van der Waals surface area (Å²) >= 11 is 0. The van der Waals surface area contributed by atoms with Gasteiger partial charge in [0.2, 0.25) is 0 Å². The van der Waals surface area contributed by atoms with Crippen LogP contribution in [0.3, 0.4) is 0 Å². The van der Waals surface area contributed by atoms with E-state index in [1.807, 2.05) is 24.3 Å². The van der Waals surface area contributed by atoms with Crippen LogP contribution in [-0.2, 0) is 0 Å². The molecular weight excluding hydrogens is 284 g/mol. The second-order valence-corrected chi connectivity index (χ2v) is 6.15. The molecule has 0 amide bonds. The number of benzene rings is 2. The number of aryl methyl sites for hydroxylation is 3. The highest BCUT2D eigenvalue weighted by Crippen LogP contribution is 2.29. The molecule has 2 N–H and O–H groups in total. The van der Waals surface area contributed by atoms with Crippen molar-refractivity contribution in [3.63, 3.8) is 0 Å². The van der Waals surface area contributed by atoms with Crippen LogP contribution >= 0.6 is 0 Å². The molecule has 2 aromatic carbocycles. The molecule has 0 saturated heterocycles. The number of pyridine rings is 1. The minimum Gasteiger partial charge on any atom is -0.399 e. The first-order chi connectivity index (χ1) is 11.0. The van der Waals surface area contributed by atoms with Gasteiger partial charge in [-0.1, -0.05) is 23.8 Å². The van der Waals surface area contributed by atoms with Gasteiger partial charge in [0.1, 0.15) is 0 Å². The van der Waals surface area contributed by atoms with Gasteiger partial charge in [0.05, 0.1) is 5.52 Å². The van der Waals surface area contributed by atoms with Crippen LogP contribution in [0, 0.1) is 20.8 Å². The molecule has 4 nitrogen and oxygen atoms in total. The van der Waals surface area contributed by atoms with Crippen molar-refractivity contribution in [2.24, 2.45) is 0 Å². The molecule has 0 fully saturated rings. The van der Waals surface area contributed by atoms with Crippen LogP contribution in [0.25, 0.3) is 27.9 Å². The van der Waals surface area contributed by atoms with E-state index in [0.717, 1.165) is 28.2 Å². The highest BCUT2D eigenvalue weighted by molar-refractivity contribution is 5.90. The van der Waals surface area contributed by atoms with Crippen LogP contribution in [-0.4, -0.2) is 14.6 Å². The standard InChI is InChI=1S/C19H18N4/c1-11-7-13(3)18-16(8-11)12(2)9-17-21-22-19(23(17)18)14-5-4-6-15(20)10-14/h4-10H,20H2,1-3H3. The summed E-state index contributed by atoms with van der Waals surface area (Å²) in [5, 5.41) is 10.0. The Labute approximate surface area is 134 Å². The van der Waals surface area contributed by atoms with Crippen LogP contribution in [0.5, 0.6) is 0 Å². The number of hydrogen-bond acceptors (Lipinski definition) is 3. The van der Waals surface area contributed by atoms with Crippen LogP contribution in [0.15, 0.2) is 42.5 Å². The van der Waals surface area contributed by atoms with E-state index in [4.69, 9.17) is 5.73 Å². The lowest BCUT2D eigenvalue weighted by molar-refractivity contribution is 1.12. The fourth-order valence-electron chi connectivity index (χ4n) is 3.30. The molecule has 2 heterocycles. The minimum absolute atomic E-state index is 0.725.